The average molecular weight is 381 g/mol. The fourth-order valence-electron chi connectivity index (χ4n) is 2.53. The van der Waals surface area contributed by atoms with E-state index in [1.807, 2.05) is 32.0 Å². The first-order valence-corrected chi connectivity index (χ1v) is 9.95. The summed E-state index contributed by atoms with van der Waals surface area (Å²) in [5.74, 6) is -0.417. The number of hydrogen-bond donors (Lipinski definition) is 1. The monoisotopic (exact) mass is 380 g/mol. The van der Waals surface area contributed by atoms with Gasteiger partial charge in [-0.2, -0.15) is 0 Å². The Balaban J connectivity index is 2.35. The molecule has 0 heterocycles. The molecule has 0 aliphatic heterocycles. The molecule has 0 aromatic heterocycles. The van der Waals surface area contributed by atoms with Crippen LogP contribution in [0.2, 0.25) is 5.02 Å². The van der Waals surface area contributed by atoms with Crippen molar-refractivity contribution < 1.29 is 13.2 Å². The van der Waals surface area contributed by atoms with Gasteiger partial charge in [0.2, 0.25) is 15.9 Å². The number of benzene rings is 2. The average Bonchev–Trinajstić information content (AvgIpc) is 2.49. The summed E-state index contributed by atoms with van der Waals surface area (Å²) in [5.41, 5.74) is 2.91. The second kappa shape index (κ2) is 7.45. The summed E-state index contributed by atoms with van der Waals surface area (Å²) in [6.07, 6.45) is 1.07. The Labute approximate surface area is 153 Å². The fourth-order valence-corrected chi connectivity index (χ4v) is 3.88. The van der Waals surface area contributed by atoms with Crippen molar-refractivity contribution in [3.8, 4) is 0 Å². The van der Waals surface area contributed by atoms with Crippen molar-refractivity contribution in [3.05, 3.63) is 58.6 Å². The minimum Gasteiger partial charge on any atom is -0.324 e. The van der Waals surface area contributed by atoms with Crippen LogP contribution < -0.4 is 9.62 Å². The second-order valence-electron chi connectivity index (χ2n) is 6.02. The molecule has 0 bridgehead atoms. The first-order valence-electron chi connectivity index (χ1n) is 7.72. The summed E-state index contributed by atoms with van der Waals surface area (Å²) in [6.45, 7) is 5.35. The lowest BCUT2D eigenvalue weighted by molar-refractivity contribution is -0.116. The Morgan fingerprint density at radius 2 is 1.84 bits per heavy atom. The summed E-state index contributed by atoms with van der Waals surface area (Å²) in [5, 5.41) is 3.21. The lowest BCUT2D eigenvalue weighted by atomic mass is 10.1. The standard InChI is InChI=1S/C18H21ClN2O3S/c1-12-8-9-13(2)17(10-12)20-18(22)14(3)21(25(4,23)24)16-7-5-6-15(19)11-16/h5-11,14H,1-4H3,(H,20,22)/t14-/m0/s1. The lowest BCUT2D eigenvalue weighted by Gasteiger charge is -2.28. The third-order valence-electron chi connectivity index (χ3n) is 3.80. The van der Waals surface area contributed by atoms with Crippen LogP contribution in [0.15, 0.2) is 42.5 Å². The predicted molar refractivity (Wildman–Crippen MR) is 103 cm³/mol. The number of nitrogens with zero attached hydrogens (tertiary/aromatic N) is 1. The summed E-state index contributed by atoms with van der Waals surface area (Å²) in [4.78, 5) is 12.7. The van der Waals surface area contributed by atoms with Crippen LogP contribution in [0.1, 0.15) is 18.1 Å². The molecule has 7 heteroatoms. The van der Waals surface area contributed by atoms with Crippen molar-refractivity contribution in [2.45, 2.75) is 26.8 Å². The predicted octanol–water partition coefficient (Wildman–Crippen LogP) is 3.75. The zero-order valence-electron chi connectivity index (χ0n) is 14.6. The lowest BCUT2D eigenvalue weighted by Crippen LogP contribution is -2.45. The molecular weight excluding hydrogens is 360 g/mol. The first-order chi connectivity index (χ1) is 11.6. The van der Waals surface area contributed by atoms with Gasteiger partial charge in [-0.05, 0) is 56.2 Å². The van der Waals surface area contributed by atoms with E-state index in [0.29, 0.717) is 16.4 Å². The number of anilines is 2. The van der Waals surface area contributed by atoms with E-state index in [1.165, 1.54) is 6.07 Å². The molecule has 1 N–H and O–H groups in total. The molecule has 0 saturated heterocycles. The van der Waals surface area contributed by atoms with Crippen LogP contribution >= 0.6 is 11.6 Å². The van der Waals surface area contributed by atoms with Crippen molar-refractivity contribution >= 4 is 38.9 Å². The van der Waals surface area contributed by atoms with Gasteiger partial charge >= 0.3 is 0 Å². The highest BCUT2D eigenvalue weighted by atomic mass is 35.5. The Kier molecular flexibility index (Phi) is 5.75. The van der Waals surface area contributed by atoms with E-state index in [9.17, 15) is 13.2 Å². The molecule has 0 spiro atoms. The van der Waals surface area contributed by atoms with Gasteiger partial charge in [-0.3, -0.25) is 9.10 Å². The number of amides is 1. The quantitative estimate of drug-likeness (QED) is 0.858. The number of carbonyl (C=O) groups excluding carboxylic acids is 1. The molecule has 5 nitrogen and oxygen atoms in total. The number of carbonyl (C=O) groups is 1. The van der Waals surface area contributed by atoms with Gasteiger partial charge in [0.1, 0.15) is 6.04 Å². The maximum absolute atomic E-state index is 12.7. The molecule has 2 rings (SSSR count). The second-order valence-corrected chi connectivity index (χ2v) is 8.32. The van der Waals surface area contributed by atoms with Crippen molar-refractivity contribution in [2.75, 3.05) is 15.9 Å². The topological polar surface area (TPSA) is 66.5 Å². The van der Waals surface area contributed by atoms with Crippen LogP contribution in [0.5, 0.6) is 0 Å². The van der Waals surface area contributed by atoms with E-state index in [0.717, 1.165) is 21.7 Å². The zero-order valence-corrected chi connectivity index (χ0v) is 16.1. The molecule has 1 amide bonds. The number of rotatable bonds is 5. The van der Waals surface area contributed by atoms with Gasteiger partial charge in [0.25, 0.3) is 0 Å². The van der Waals surface area contributed by atoms with E-state index in [1.54, 1.807) is 25.1 Å². The molecule has 0 radical (unpaired) electrons. The fraction of sp³-hybridized carbons (Fsp3) is 0.278. The van der Waals surface area contributed by atoms with Gasteiger partial charge < -0.3 is 5.32 Å². The molecular formula is C18H21ClN2O3S. The molecule has 0 aliphatic rings. The number of sulfonamides is 1. The van der Waals surface area contributed by atoms with Crippen molar-refractivity contribution in [3.63, 3.8) is 0 Å². The van der Waals surface area contributed by atoms with Gasteiger partial charge in [0.15, 0.2) is 0 Å². The summed E-state index contributed by atoms with van der Waals surface area (Å²) >= 11 is 5.97. The third-order valence-corrected chi connectivity index (χ3v) is 5.28. The maximum atomic E-state index is 12.7. The SMILES string of the molecule is Cc1ccc(C)c(NC(=O)[C@H](C)N(c2cccc(Cl)c2)S(C)(=O)=O)c1. The van der Waals surface area contributed by atoms with E-state index in [2.05, 4.69) is 5.32 Å². The van der Waals surface area contributed by atoms with Crippen LogP contribution in [0, 0.1) is 13.8 Å². The largest absolute Gasteiger partial charge is 0.324 e. The highest BCUT2D eigenvalue weighted by Gasteiger charge is 2.29. The van der Waals surface area contributed by atoms with E-state index < -0.39 is 22.0 Å². The van der Waals surface area contributed by atoms with E-state index in [4.69, 9.17) is 11.6 Å². The van der Waals surface area contributed by atoms with Crippen LogP contribution in [-0.2, 0) is 14.8 Å². The van der Waals surface area contributed by atoms with Crippen LogP contribution in [0.25, 0.3) is 0 Å². The third kappa shape index (κ3) is 4.74. The Morgan fingerprint density at radius 1 is 1.16 bits per heavy atom. The highest BCUT2D eigenvalue weighted by molar-refractivity contribution is 7.92. The van der Waals surface area contributed by atoms with Crippen LogP contribution in [-0.4, -0.2) is 26.6 Å². The zero-order chi connectivity index (χ0) is 18.8. The molecule has 0 aliphatic carbocycles. The molecule has 2 aromatic carbocycles. The molecule has 1 atom stereocenters. The molecule has 0 fully saturated rings. The Bertz CT molecular complexity index is 897. The highest BCUT2D eigenvalue weighted by Crippen LogP contribution is 2.25. The Hall–Kier alpha value is -2.05. The van der Waals surface area contributed by atoms with Crippen LogP contribution in [0.4, 0.5) is 11.4 Å². The number of hydrogen-bond acceptors (Lipinski definition) is 3. The van der Waals surface area contributed by atoms with Crippen molar-refractivity contribution in [2.24, 2.45) is 0 Å². The minimum absolute atomic E-state index is 0.346. The molecule has 2 aromatic rings. The number of aryl methyl sites for hydroxylation is 2. The van der Waals surface area contributed by atoms with E-state index in [-0.39, 0.29) is 0 Å². The molecule has 25 heavy (non-hydrogen) atoms. The summed E-state index contributed by atoms with van der Waals surface area (Å²) in [7, 11) is -3.68. The molecule has 0 unspecified atom stereocenters. The summed E-state index contributed by atoms with van der Waals surface area (Å²) in [6, 6.07) is 11.2. The summed E-state index contributed by atoms with van der Waals surface area (Å²) < 4.78 is 25.6. The van der Waals surface area contributed by atoms with Gasteiger partial charge in [-0.15, -0.1) is 0 Å². The normalized spacial score (nSPS) is 12.5. The van der Waals surface area contributed by atoms with Gasteiger partial charge in [0, 0.05) is 10.7 Å². The smallest absolute Gasteiger partial charge is 0.248 e. The molecule has 0 saturated carbocycles. The van der Waals surface area contributed by atoms with Crippen molar-refractivity contribution in [1.82, 2.24) is 0 Å². The number of halogens is 1. The first kappa shape index (κ1) is 19.3. The van der Waals surface area contributed by atoms with Gasteiger partial charge in [0.05, 0.1) is 11.9 Å². The van der Waals surface area contributed by atoms with Gasteiger partial charge in [-0.25, -0.2) is 8.42 Å². The van der Waals surface area contributed by atoms with E-state index >= 15 is 0 Å². The van der Waals surface area contributed by atoms with Gasteiger partial charge in [-0.1, -0.05) is 29.8 Å². The number of nitrogens with one attached hydrogen (secondary N) is 1. The van der Waals surface area contributed by atoms with Crippen LogP contribution in [0.3, 0.4) is 0 Å². The minimum atomic E-state index is -3.68. The maximum Gasteiger partial charge on any atom is 0.248 e. The van der Waals surface area contributed by atoms with Crippen molar-refractivity contribution in [1.29, 1.82) is 0 Å². The Morgan fingerprint density at radius 3 is 2.44 bits per heavy atom. The molecule has 134 valence electrons.